The van der Waals surface area contributed by atoms with E-state index in [0.29, 0.717) is 5.75 Å². The Morgan fingerprint density at radius 3 is 2.32 bits per heavy atom. The first kappa shape index (κ1) is 23.3. The first-order chi connectivity index (χ1) is 16.3. The number of nitrogens with one attached hydrogen (secondary N) is 1. The number of para-hydroxylation sites is 1. The number of carbonyl (C=O) groups is 2. The fourth-order valence-electron chi connectivity index (χ4n) is 4.82. The number of esters is 2. The maximum absolute atomic E-state index is 13.4. The molecule has 180 valence electrons. The number of nitro groups is 1. The molecular formula is C23H24N2O9. The van der Waals surface area contributed by atoms with E-state index < -0.39 is 40.1 Å². The summed E-state index contributed by atoms with van der Waals surface area (Å²) in [5.41, 5.74) is -4.40. The summed E-state index contributed by atoms with van der Waals surface area (Å²) < 4.78 is 21.5. The summed E-state index contributed by atoms with van der Waals surface area (Å²) in [6, 6.07) is 9.05. The number of aromatic hydroxyl groups is 1. The minimum Gasteiger partial charge on any atom is -0.507 e. The molecule has 0 unspecified atom stereocenters. The zero-order chi connectivity index (χ0) is 24.7. The highest BCUT2D eigenvalue weighted by atomic mass is 16.7. The quantitative estimate of drug-likeness (QED) is 0.266. The van der Waals surface area contributed by atoms with Gasteiger partial charge in [-0.05, 0) is 32.0 Å². The van der Waals surface area contributed by atoms with Crippen molar-refractivity contribution >= 4 is 11.9 Å². The summed E-state index contributed by atoms with van der Waals surface area (Å²) in [5, 5.41) is 26.3. The third-order valence-corrected chi connectivity index (χ3v) is 6.16. The van der Waals surface area contributed by atoms with Gasteiger partial charge < -0.3 is 24.1 Å². The summed E-state index contributed by atoms with van der Waals surface area (Å²) in [6.45, 7) is 2.94. The average Bonchev–Trinajstić information content (AvgIpc) is 3.32. The smallest absolute Gasteiger partial charge is 0.392 e. The molecule has 0 radical (unpaired) electrons. The zero-order valence-corrected chi connectivity index (χ0v) is 18.8. The molecule has 0 saturated carbocycles. The van der Waals surface area contributed by atoms with Crippen LogP contribution in [0.15, 0.2) is 42.5 Å². The topological polar surface area (TPSA) is 146 Å². The van der Waals surface area contributed by atoms with Crippen LogP contribution in [0.1, 0.15) is 36.9 Å². The summed E-state index contributed by atoms with van der Waals surface area (Å²) >= 11 is 0. The summed E-state index contributed by atoms with van der Waals surface area (Å²) in [6.07, 6.45) is 0. The molecule has 2 aromatic rings. The van der Waals surface area contributed by atoms with Crippen LogP contribution in [0.4, 0.5) is 0 Å². The SMILES string of the molecule is CCOC(=O)C1(C(=O)OCC)N[C@@H](c2ccc(OC)cc2O)[C@@]2([N+](=O)[O-])Oc3ccccc3[C@@H]12. The van der Waals surface area contributed by atoms with Crippen LogP contribution < -0.4 is 14.8 Å². The fraction of sp³-hybridized carbons (Fsp3) is 0.391. The van der Waals surface area contributed by atoms with Gasteiger partial charge in [0.05, 0.1) is 25.2 Å². The molecule has 11 nitrogen and oxygen atoms in total. The Hall–Kier alpha value is -3.86. The molecule has 2 aromatic carbocycles. The molecule has 0 amide bonds. The highest BCUT2D eigenvalue weighted by Gasteiger charge is 2.82. The van der Waals surface area contributed by atoms with E-state index in [1.165, 1.54) is 31.4 Å². The molecule has 0 aromatic heterocycles. The van der Waals surface area contributed by atoms with Gasteiger partial charge in [0.2, 0.25) is 5.54 Å². The normalized spacial score (nSPS) is 23.9. The molecule has 2 aliphatic heterocycles. The fourth-order valence-corrected chi connectivity index (χ4v) is 4.82. The summed E-state index contributed by atoms with van der Waals surface area (Å²) in [4.78, 5) is 38.9. The third kappa shape index (κ3) is 3.07. The number of fused-ring (bicyclic) bond motifs is 3. The van der Waals surface area contributed by atoms with Gasteiger partial charge in [-0.25, -0.2) is 9.59 Å². The predicted octanol–water partition coefficient (Wildman–Crippen LogP) is 2.06. The second kappa shape index (κ2) is 8.49. The zero-order valence-electron chi connectivity index (χ0n) is 18.8. The van der Waals surface area contributed by atoms with Crippen molar-refractivity contribution in [1.82, 2.24) is 5.32 Å². The monoisotopic (exact) mass is 472 g/mol. The van der Waals surface area contributed by atoms with Gasteiger partial charge in [-0.15, -0.1) is 0 Å². The molecule has 1 saturated heterocycles. The van der Waals surface area contributed by atoms with E-state index in [1.54, 1.807) is 32.0 Å². The number of methoxy groups -OCH3 is 1. The van der Waals surface area contributed by atoms with Crippen molar-refractivity contribution in [3.8, 4) is 17.2 Å². The maximum Gasteiger partial charge on any atom is 0.392 e. The third-order valence-electron chi connectivity index (χ3n) is 6.16. The van der Waals surface area contributed by atoms with Crippen LogP contribution in [0.3, 0.4) is 0 Å². The lowest BCUT2D eigenvalue weighted by molar-refractivity contribution is -0.619. The number of hydrogen-bond donors (Lipinski definition) is 2. The van der Waals surface area contributed by atoms with Gasteiger partial charge in [0.25, 0.3) is 0 Å². The van der Waals surface area contributed by atoms with E-state index in [9.17, 15) is 24.8 Å². The lowest BCUT2D eigenvalue weighted by Crippen LogP contribution is -2.60. The van der Waals surface area contributed by atoms with Crippen LogP contribution in [0.5, 0.6) is 17.2 Å². The molecule has 1 fully saturated rings. The summed E-state index contributed by atoms with van der Waals surface area (Å²) in [7, 11) is 1.40. The van der Waals surface area contributed by atoms with Crippen molar-refractivity contribution < 1.29 is 38.6 Å². The number of phenolic OH excluding ortho intramolecular Hbond substituents is 1. The Morgan fingerprint density at radius 2 is 1.76 bits per heavy atom. The van der Waals surface area contributed by atoms with Gasteiger partial charge in [-0.1, -0.05) is 18.2 Å². The van der Waals surface area contributed by atoms with Gasteiger partial charge in [-0.3, -0.25) is 15.4 Å². The number of hydrogen-bond acceptors (Lipinski definition) is 10. The Labute approximate surface area is 194 Å². The van der Waals surface area contributed by atoms with Crippen LogP contribution in [0.25, 0.3) is 0 Å². The second-order valence-electron chi connectivity index (χ2n) is 7.83. The number of ether oxygens (including phenoxy) is 4. The molecule has 2 N–H and O–H groups in total. The molecule has 4 rings (SSSR count). The van der Waals surface area contributed by atoms with Crippen LogP contribution >= 0.6 is 0 Å². The highest BCUT2D eigenvalue weighted by molar-refractivity contribution is 6.07. The number of rotatable bonds is 7. The minimum atomic E-state index is -2.38. The molecule has 2 aliphatic rings. The van der Waals surface area contributed by atoms with E-state index in [1.807, 2.05) is 0 Å². The lowest BCUT2D eigenvalue weighted by atomic mass is 9.76. The minimum absolute atomic E-state index is 0.0331. The Morgan fingerprint density at radius 1 is 1.12 bits per heavy atom. The largest absolute Gasteiger partial charge is 0.507 e. The van der Waals surface area contributed by atoms with E-state index >= 15 is 0 Å². The predicted molar refractivity (Wildman–Crippen MR) is 116 cm³/mol. The molecule has 34 heavy (non-hydrogen) atoms. The Balaban J connectivity index is 2.03. The first-order valence-electron chi connectivity index (χ1n) is 10.7. The van der Waals surface area contributed by atoms with Crippen molar-refractivity contribution in [3.63, 3.8) is 0 Å². The number of nitrogens with zero attached hydrogens (tertiary/aromatic N) is 1. The van der Waals surface area contributed by atoms with Gasteiger partial charge in [-0.2, -0.15) is 0 Å². The maximum atomic E-state index is 13.4. The Kier molecular flexibility index (Phi) is 5.82. The van der Waals surface area contributed by atoms with Crippen molar-refractivity contribution in [2.24, 2.45) is 0 Å². The van der Waals surface area contributed by atoms with E-state index in [-0.39, 0.29) is 35.8 Å². The molecule has 0 aliphatic carbocycles. The van der Waals surface area contributed by atoms with E-state index in [0.717, 1.165) is 0 Å². The van der Waals surface area contributed by atoms with Crippen LogP contribution in [0, 0.1) is 10.1 Å². The van der Waals surface area contributed by atoms with Crippen molar-refractivity contribution in [3.05, 3.63) is 63.7 Å². The molecule has 3 atom stereocenters. The van der Waals surface area contributed by atoms with Crippen molar-refractivity contribution in [2.45, 2.75) is 37.1 Å². The number of phenols is 1. The number of benzene rings is 2. The van der Waals surface area contributed by atoms with Crippen LogP contribution in [0.2, 0.25) is 0 Å². The number of carbonyl (C=O) groups excluding carboxylic acids is 2. The van der Waals surface area contributed by atoms with Gasteiger partial charge >= 0.3 is 17.7 Å². The van der Waals surface area contributed by atoms with E-state index in [4.69, 9.17) is 18.9 Å². The van der Waals surface area contributed by atoms with Crippen molar-refractivity contribution in [1.29, 1.82) is 0 Å². The molecule has 0 spiro atoms. The molecule has 11 heteroatoms. The van der Waals surface area contributed by atoms with Crippen LogP contribution in [-0.2, 0) is 19.1 Å². The molecule has 0 bridgehead atoms. The van der Waals surface area contributed by atoms with Gasteiger partial charge in [0.1, 0.15) is 29.2 Å². The van der Waals surface area contributed by atoms with E-state index in [2.05, 4.69) is 5.32 Å². The molecule has 2 heterocycles. The van der Waals surface area contributed by atoms with Crippen molar-refractivity contribution in [2.75, 3.05) is 20.3 Å². The van der Waals surface area contributed by atoms with Gasteiger partial charge in [0.15, 0.2) is 0 Å². The first-order valence-corrected chi connectivity index (χ1v) is 10.7. The Bertz CT molecular complexity index is 1130. The second-order valence-corrected chi connectivity index (χ2v) is 7.83. The molecular weight excluding hydrogens is 448 g/mol. The highest BCUT2D eigenvalue weighted by Crippen LogP contribution is 2.61. The lowest BCUT2D eigenvalue weighted by Gasteiger charge is -2.29. The van der Waals surface area contributed by atoms with Crippen LogP contribution in [-0.4, -0.2) is 53.6 Å². The summed E-state index contributed by atoms with van der Waals surface area (Å²) in [5.74, 6) is -3.44. The van der Waals surface area contributed by atoms with Gasteiger partial charge in [0, 0.05) is 17.2 Å². The standard InChI is InChI=1S/C23H24N2O9/c1-4-32-20(27)22(21(28)33-5-2)18-15-8-6-7-9-17(15)34-23(18,25(29)30)19(24-22)14-11-10-13(31-3)12-16(14)26/h6-12,18-19,24,26H,4-5H2,1-3H3/t18-,19-,23-/m0/s1. The average molecular weight is 472 g/mol.